The minimum atomic E-state index is 0.394. The summed E-state index contributed by atoms with van der Waals surface area (Å²) in [4.78, 5) is 0. The number of hydrogen-bond acceptors (Lipinski definition) is 2. The van der Waals surface area contributed by atoms with E-state index in [1.54, 1.807) is 0 Å². The molecule has 0 amide bonds. The second kappa shape index (κ2) is 5.38. The summed E-state index contributed by atoms with van der Waals surface area (Å²) in [7, 11) is 0. The van der Waals surface area contributed by atoms with E-state index in [1.807, 2.05) is 6.07 Å². The van der Waals surface area contributed by atoms with E-state index in [2.05, 4.69) is 34.2 Å². The summed E-state index contributed by atoms with van der Waals surface area (Å²) in [5, 5.41) is 3.58. The molecule has 0 saturated heterocycles. The van der Waals surface area contributed by atoms with Crippen molar-refractivity contribution in [3.63, 3.8) is 0 Å². The first-order chi connectivity index (χ1) is 8.76. The van der Waals surface area contributed by atoms with Gasteiger partial charge in [0, 0.05) is 0 Å². The second-order valence-corrected chi connectivity index (χ2v) is 6.70. The maximum absolute atomic E-state index is 5.74. The van der Waals surface area contributed by atoms with E-state index in [-0.39, 0.29) is 0 Å². The first-order valence-corrected chi connectivity index (χ1v) is 8.04. The molecule has 18 heavy (non-hydrogen) atoms. The van der Waals surface area contributed by atoms with E-state index >= 15 is 0 Å². The Morgan fingerprint density at radius 2 is 2.28 bits per heavy atom. The molecule has 2 aliphatic carbocycles. The summed E-state index contributed by atoms with van der Waals surface area (Å²) in [6.45, 7) is 3.18. The zero-order chi connectivity index (χ0) is 12.5. The van der Waals surface area contributed by atoms with Crippen molar-refractivity contribution in [2.75, 3.05) is 6.54 Å². The molecule has 2 fully saturated rings. The molecular weight excluding hydrogens is 290 g/mol. The Morgan fingerprint density at radius 3 is 2.83 bits per heavy atom. The first-order valence-electron chi connectivity index (χ1n) is 7.25. The van der Waals surface area contributed by atoms with Crippen LogP contribution < -0.4 is 5.32 Å². The lowest BCUT2D eigenvalue weighted by molar-refractivity contribution is 0.263. The number of furan rings is 1. The van der Waals surface area contributed by atoms with Gasteiger partial charge in [-0.3, -0.25) is 0 Å². The van der Waals surface area contributed by atoms with E-state index in [0.717, 1.165) is 34.7 Å². The molecule has 0 aliphatic heterocycles. The lowest BCUT2D eigenvalue weighted by Crippen LogP contribution is -2.25. The van der Waals surface area contributed by atoms with Crippen LogP contribution in [-0.2, 0) is 0 Å². The molecule has 0 radical (unpaired) electrons. The average molecular weight is 312 g/mol. The molecule has 0 aromatic carbocycles. The Labute approximate surface area is 118 Å². The number of hydrogen-bond donors (Lipinski definition) is 1. The molecule has 4 unspecified atom stereocenters. The highest BCUT2D eigenvalue weighted by molar-refractivity contribution is 9.10. The normalized spacial score (nSPS) is 32.0. The van der Waals surface area contributed by atoms with Crippen LogP contribution in [0.1, 0.15) is 50.8 Å². The van der Waals surface area contributed by atoms with E-state index in [0.29, 0.717) is 6.04 Å². The van der Waals surface area contributed by atoms with Crippen molar-refractivity contribution in [1.29, 1.82) is 0 Å². The molecule has 100 valence electrons. The standard InChI is InChI=1S/C15H22BrNO/c1-2-17-13(14-5-6-15(16)18-14)9-12-8-10-3-4-11(12)7-10/h5-6,10-13,17H,2-4,7-9H2,1H3. The van der Waals surface area contributed by atoms with Crippen LogP contribution in [0.2, 0.25) is 0 Å². The van der Waals surface area contributed by atoms with Crippen LogP contribution >= 0.6 is 15.9 Å². The highest BCUT2D eigenvalue weighted by Crippen LogP contribution is 2.51. The van der Waals surface area contributed by atoms with Crippen LogP contribution in [0.25, 0.3) is 0 Å². The van der Waals surface area contributed by atoms with Gasteiger partial charge < -0.3 is 9.73 Å². The van der Waals surface area contributed by atoms with Crippen molar-refractivity contribution in [2.24, 2.45) is 17.8 Å². The van der Waals surface area contributed by atoms with Crippen LogP contribution in [0.4, 0.5) is 0 Å². The largest absolute Gasteiger partial charge is 0.453 e. The maximum atomic E-state index is 5.74. The molecule has 2 nitrogen and oxygen atoms in total. The fourth-order valence-electron chi connectivity index (χ4n) is 4.03. The zero-order valence-electron chi connectivity index (χ0n) is 11.0. The predicted molar refractivity (Wildman–Crippen MR) is 76.4 cm³/mol. The highest BCUT2D eigenvalue weighted by Gasteiger charge is 2.40. The SMILES string of the molecule is CCNC(CC1CC2CCC1C2)c1ccc(Br)o1. The topological polar surface area (TPSA) is 25.2 Å². The monoisotopic (exact) mass is 311 g/mol. The summed E-state index contributed by atoms with van der Waals surface area (Å²) < 4.78 is 6.58. The average Bonchev–Trinajstić information content (AvgIpc) is 3.04. The molecule has 1 N–H and O–H groups in total. The minimum Gasteiger partial charge on any atom is -0.453 e. The third-order valence-corrected chi connectivity index (χ3v) is 5.24. The van der Waals surface area contributed by atoms with Crippen LogP contribution in [0.15, 0.2) is 21.2 Å². The van der Waals surface area contributed by atoms with Gasteiger partial charge in [-0.2, -0.15) is 0 Å². The highest BCUT2D eigenvalue weighted by atomic mass is 79.9. The van der Waals surface area contributed by atoms with Crippen molar-refractivity contribution in [1.82, 2.24) is 5.32 Å². The third-order valence-electron chi connectivity index (χ3n) is 4.81. The number of halogens is 1. The number of fused-ring (bicyclic) bond motifs is 2. The molecule has 2 aliphatic rings. The fourth-order valence-corrected chi connectivity index (χ4v) is 4.35. The van der Waals surface area contributed by atoms with Crippen molar-refractivity contribution in [3.8, 4) is 0 Å². The molecule has 1 aromatic heterocycles. The Balaban J connectivity index is 1.67. The van der Waals surface area contributed by atoms with Gasteiger partial charge in [-0.15, -0.1) is 0 Å². The molecule has 0 spiro atoms. The van der Waals surface area contributed by atoms with Crippen molar-refractivity contribution in [3.05, 3.63) is 22.6 Å². The Bertz CT molecular complexity index is 403. The van der Waals surface area contributed by atoms with Crippen molar-refractivity contribution in [2.45, 2.75) is 45.1 Å². The van der Waals surface area contributed by atoms with Gasteiger partial charge in [0.1, 0.15) is 5.76 Å². The quantitative estimate of drug-likeness (QED) is 0.865. The Hall–Kier alpha value is -0.280. The van der Waals surface area contributed by atoms with E-state index < -0.39 is 0 Å². The van der Waals surface area contributed by atoms with Crippen molar-refractivity contribution < 1.29 is 4.42 Å². The van der Waals surface area contributed by atoms with Crippen molar-refractivity contribution >= 4 is 15.9 Å². The van der Waals surface area contributed by atoms with Crippen LogP contribution in [-0.4, -0.2) is 6.54 Å². The molecule has 3 rings (SSSR count). The summed E-state index contributed by atoms with van der Waals surface area (Å²) in [6, 6.07) is 4.50. The van der Waals surface area contributed by atoms with E-state index in [9.17, 15) is 0 Å². The van der Waals surface area contributed by atoms with E-state index in [1.165, 1.54) is 32.1 Å². The molecule has 2 bridgehead atoms. The van der Waals surface area contributed by atoms with Gasteiger partial charge in [0.2, 0.25) is 0 Å². The summed E-state index contributed by atoms with van der Waals surface area (Å²) >= 11 is 3.40. The van der Waals surface area contributed by atoms with Crippen LogP contribution in [0.5, 0.6) is 0 Å². The van der Waals surface area contributed by atoms with Gasteiger partial charge in [0.25, 0.3) is 0 Å². The lowest BCUT2D eigenvalue weighted by Gasteiger charge is -2.26. The van der Waals surface area contributed by atoms with Gasteiger partial charge >= 0.3 is 0 Å². The number of nitrogens with one attached hydrogen (secondary N) is 1. The van der Waals surface area contributed by atoms with E-state index in [4.69, 9.17) is 4.42 Å². The smallest absolute Gasteiger partial charge is 0.169 e. The first kappa shape index (κ1) is 12.7. The number of rotatable bonds is 5. The minimum absolute atomic E-state index is 0.394. The van der Waals surface area contributed by atoms with Gasteiger partial charge in [-0.25, -0.2) is 0 Å². The molecule has 1 aromatic rings. The Kier molecular flexibility index (Phi) is 3.81. The molecule has 1 heterocycles. The van der Waals surface area contributed by atoms with Gasteiger partial charge in [-0.1, -0.05) is 13.3 Å². The van der Waals surface area contributed by atoms with Gasteiger partial charge in [0.15, 0.2) is 4.67 Å². The molecule has 4 atom stereocenters. The molecular formula is C15H22BrNO. The maximum Gasteiger partial charge on any atom is 0.169 e. The van der Waals surface area contributed by atoms with Crippen LogP contribution in [0, 0.1) is 17.8 Å². The summed E-state index contributed by atoms with van der Waals surface area (Å²) in [5.41, 5.74) is 0. The fraction of sp³-hybridized carbons (Fsp3) is 0.733. The Morgan fingerprint density at radius 1 is 1.39 bits per heavy atom. The lowest BCUT2D eigenvalue weighted by atomic mass is 9.84. The summed E-state index contributed by atoms with van der Waals surface area (Å²) in [6.07, 6.45) is 7.14. The van der Waals surface area contributed by atoms with Crippen LogP contribution in [0.3, 0.4) is 0 Å². The molecule has 3 heteroatoms. The van der Waals surface area contributed by atoms with Gasteiger partial charge in [0.05, 0.1) is 6.04 Å². The summed E-state index contributed by atoms with van der Waals surface area (Å²) in [5.74, 6) is 4.03. The zero-order valence-corrected chi connectivity index (χ0v) is 12.6. The third kappa shape index (κ3) is 2.53. The molecule has 2 saturated carbocycles. The van der Waals surface area contributed by atoms with Gasteiger partial charge in [-0.05, 0) is 78.0 Å². The second-order valence-electron chi connectivity index (χ2n) is 5.92. The predicted octanol–water partition coefficient (Wildman–Crippen LogP) is 4.52.